The summed E-state index contributed by atoms with van der Waals surface area (Å²) >= 11 is 0. The molecule has 0 spiro atoms. The molecule has 90 valence electrons. The van der Waals surface area contributed by atoms with Gasteiger partial charge in [-0.2, -0.15) is 0 Å². The molecule has 0 heteroatoms. The third-order valence-electron chi connectivity index (χ3n) is 5.01. The molecule has 2 aliphatic carbocycles. The molecule has 3 atom stereocenters. The van der Waals surface area contributed by atoms with E-state index in [1.807, 2.05) is 0 Å². The SMILES string of the molecule is C=C(C)C(=C)CC(C)(C)C1CC2CCC1C2. The van der Waals surface area contributed by atoms with Gasteiger partial charge in [-0.05, 0) is 55.8 Å². The van der Waals surface area contributed by atoms with Crippen LogP contribution in [-0.4, -0.2) is 0 Å². The van der Waals surface area contributed by atoms with Crippen molar-refractivity contribution in [1.82, 2.24) is 0 Å². The van der Waals surface area contributed by atoms with Gasteiger partial charge in [0.15, 0.2) is 0 Å². The average Bonchev–Trinajstić information content (AvgIpc) is 2.77. The molecule has 0 N–H and O–H groups in total. The lowest BCUT2D eigenvalue weighted by Crippen LogP contribution is -2.29. The number of hydrogen-bond donors (Lipinski definition) is 0. The summed E-state index contributed by atoms with van der Waals surface area (Å²) in [6.45, 7) is 15.1. The smallest absolute Gasteiger partial charge is 0.0228 e. The Bertz CT molecular complexity index is 308. The minimum absolute atomic E-state index is 0.426. The largest absolute Gasteiger partial charge is 0.0959 e. The van der Waals surface area contributed by atoms with Crippen LogP contribution in [0.4, 0.5) is 0 Å². The molecule has 2 fully saturated rings. The van der Waals surface area contributed by atoms with Crippen molar-refractivity contribution in [3.63, 3.8) is 0 Å². The summed E-state index contributed by atoms with van der Waals surface area (Å²) in [7, 11) is 0. The Morgan fingerprint density at radius 2 is 1.88 bits per heavy atom. The van der Waals surface area contributed by atoms with Gasteiger partial charge in [0.2, 0.25) is 0 Å². The van der Waals surface area contributed by atoms with Crippen LogP contribution in [0.15, 0.2) is 24.3 Å². The van der Waals surface area contributed by atoms with Crippen LogP contribution in [0.2, 0.25) is 0 Å². The molecule has 0 amide bonds. The van der Waals surface area contributed by atoms with Gasteiger partial charge < -0.3 is 0 Å². The predicted octanol–water partition coefficient (Wildman–Crippen LogP) is 4.97. The summed E-state index contributed by atoms with van der Waals surface area (Å²) in [5.41, 5.74) is 2.85. The fraction of sp³-hybridized carbons (Fsp3) is 0.750. The predicted molar refractivity (Wildman–Crippen MR) is 71.3 cm³/mol. The van der Waals surface area contributed by atoms with Crippen LogP contribution in [0.25, 0.3) is 0 Å². The highest BCUT2D eigenvalue weighted by Gasteiger charge is 2.46. The zero-order valence-electron chi connectivity index (χ0n) is 11.2. The van der Waals surface area contributed by atoms with Gasteiger partial charge in [-0.1, -0.05) is 44.6 Å². The molecule has 0 heterocycles. The van der Waals surface area contributed by atoms with Gasteiger partial charge in [0.05, 0.1) is 0 Å². The Morgan fingerprint density at radius 1 is 1.19 bits per heavy atom. The summed E-state index contributed by atoms with van der Waals surface area (Å²) in [5, 5.41) is 0. The van der Waals surface area contributed by atoms with E-state index in [0.717, 1.165) is 29.7 Å². The third-order valence-corrected chi connectivity index (χ3v) is 5.01. The molecule has 2 saturated carbocycles. The van der Waals surface area contributed by atoms with Crippen molar-refractivity contribution in [1.29, 1.82) is 0 Å². The highest BCUT2D eigenvalue weighted by atomic mass is 14.5. The Kier molecular flexibility index (Phi) is 3.03. The van der Waals surface area contributed by atoms with Crippen LogP contribution < -0.4 is 0 Å². The third kappa shape index (κ3) is 2.12. The van der Waals surface area contributed by atoms with E-state index in [9.17, 15) is 0 Å². The first-order valence-corrected chi connectivity index (χ1v) is 6.74. The first-order valence-electron chi connectivity index (χ1n) is 6.74. The molecule has 3 unspecified atom stereocenters. The molecule has 0 aromatic carbocycles. The van der Waals surface area contributed by atoms with E-state index < -0.39 is 0 Å². The normalized spacial score (nSPS) is 33.1. The molecule has 2 bridgehead atoms. The van der Waals surface area contributed by atoms with E-state index in [-0.39, 0.29) is 0 Å². The maximum atomic E-state index is 4.17. The van der Waals surface area contributed by atoms with Crippen molar-refractivity contribution in [3.8, 4) is 0 Å². The topological polar surface area (TPSA) is 0 Å². The lowest BCUT2D eigenvalue weighted by atomic mass is 9.67. The number of fused-ring (bicyclic) bond motifs is 2. The van der Waals surface area contributed by atoms with Crippen LogP contribution in [-0.2, 0) is 0 Å². The lowest BCUT2D eigenvalue weighted by molar-refractivity contribution is 0.141. The molecule has 2 aliphatic rings. The van der Waals surface area contributed by atoms with Crippen molar-refractivity contribution < 1.29 is 0 Å². The number of rotatable bonds is 4. The van der Waals surface area contributed by atoms with Crippen molar-refractivity contribution >= 4 is 0 Å². The fourth-order valence-corrected chi connectivity index (χ4v) is 4.03. The molecule has 0 aromatic heterocycles. The average molecular weight is 218 g/mol. The highest BCUT2D eigenvalue weighted by molar-refractivity contribution is 5.24. The minimum Gasteiger partial charge on any atom is -0.0959 e. The molecule has 16 heavy (non-hydrogen) atoms. The van der Waals surface area contributed by atoms with Crippen molar-refractivity contribution in [2.75, 3.05) is 0 Å². The van der Waals surface area contributed by atoms with Gasteiger partial charge in [0, 0.05) is 0 Å². The molecular formula is C16H26. The van der Waals surface area contributed by atoms with Crippen LogP contribution in [0.5, 0.6) is 0 Å². The second kappa shape index (κ2) is 4.05. The van der Waals surface area contributed by atoms with Crippen LogP contribution >= 0.6 is 0 Å². The van der Waals surface area contributed by atoms with Crippen LogP contribution in [0.3, 0.4) is 0 Å². The van der Waals surface area contributed by atoms with Gasteiger partial charge in [-0.15, -0.1) is 0 Å². The van der Waals surface area contributed by atoms with Crippen LogP contribution in [0.1, 0.15) is 52.9 Å². The van der Waals surface area contributed by atoms with Gasteiger partial charge in [-0.25, -0.2) is 0 Å². The van der Waals surface area contributed by atoms with Gasteiger partial charge in [-0.3, -0.25) is 0 Å². The van der Waals surface area contributed by atoms with Crippen molar-refractivity contribution in [2.24, 2.45) is 23.2 Å². The minimum atomic E-state index is 0.426. The quantitative estimate of drug-likeness (QED) is 0.584. The molecule has 0 aliphatic heterocycles. The summed E-state index contributed by atoms with van der Waals surface area (Å²) in [5.74, 6) is 2.99. The summed E-state index contributed by atoms with van der Waals surface area (Å²) in [4.78, 5) is 0. The molecule has 0 saturated heterocycles. The van der Waals surface area contributed by atoms with Gasteiger partial charge in [0.1, 0.15) is 0 Å². The molecule has 0 nitrogen and oxygen atoms in total. The monoisotopic (exact) mass is 218 g/mol. The van der Waals surface area contributed by atoms with Crippen LogP contribution in [0, 0.1) is 23.2 Å². The maximum absolute atomic E-state index is 4.17. The highest BCUT2D eigenvalue weighted by Crippen LogP contribution is 2.56. The van der Waals surface area contributed by atoms with E-state index >= 15 is 0 Å². The van der Waals surface area contributed by atoms with Gasteiger partial charge >= 0.3 is 0 Å². The van der Waals surface area contributed by atoms with Gasteiger partial charge in [0.25, 0.3) is 0 Å². The molecule has 0 aromatic rings. The Hall–Kier alpha value is -0.520. The zero-order valence-corrected chi connectivity index (χ0v) is 11.2. The lowest BCUT2D eigenvalue weighted by Gasteiger charge is -2.38. The maximum Gasteiger partial charge on any atom is -0.0228 e. The fourth-order valence-electron chi connectivity index (χ4n) is 4.03. The number of allylic oxidation sites excluding steroid dienone is 2. The Balaban J connectivity index is 2.02. The zero-order chi connectivity index (χ0) is 11.9. The van der Waals surface area contributed by atoms with E-state index in [2.05, 4.69) is 33.9 Å². The number of hydrogen-bond acceptors (Lipinski definition) is 0. The molecular weight excluding hydrogens is 192 g/mol. The second-order valence-corrected chi connectivity index (χ2v) is 6.83. The standard InChI is InChI=1S/C16H26/c1-11(2)12(3)10-16(4,5)15-9-13-6-7-14(15)8-13/h13-15H,1,3,6-10H2,2,4-5H3. The summed E-state index contributed by atoms with van der Waals surface area (Å²) in [6.07, 6.45) is 7.10. The first-order chi connectivity index (χ1) is 7.40. The summed E-state index contributed by atoms with van der Waals surface area (Å²) in [6, 6.07) is 0. The van der Waals surface area contributed by atoms with Crippen molar-refractivity contribution in [3.05, 3.63) is 24.3 Å². The van der Waals surface area contributed by atoms with E-state index in [1.165, 1.54) is 31.3 Å². The van der Waals surface area contributed by atoms with E-state index in [0.29, 0.717) is 5.41 Å². The second-order valence-electron chi connectivity index (χ2n) is 6.83. The van der Waals surface area contributed by atoms with E-state index in [4.69, 9.17) is 0 Å². The molecule has 0 radical (unpaired) electrons. The molecule has 2 rings (SSSR count). The van der Waals surface area contributed by atoms with Crippen molar-refractivity contribution in [2.45, 2.75) is 52.9 Å². The summed E-state index contributed by atoms with van der Waals surface area (Å²) < 4.78 is 0. The Labute approximate surface area is 101 Å². The Morgan fingerprint density at radius 3 is 2.31 bits per heavy atom. The van der Waals surface area contributed by atoms with E-state index in [1.54, 1.807) is 0 Å². The first kappa shape index (κ1) is 12.0.